The molecule has 0 aliphatic heterocycles. The van der Waals surface area contributed by atoms with E-state index in [1.165, 1.54) is 5.56 Å². The summed E-state index contributed by atoms with van der Waals surface area (Å²) in [6.45, 7) is 2.66. The quantitative estimate of drug-likeness (QED) is 0.624. The van der Waals surface area contributed by atoms with Crippen molar-refractivity contribution in [2.45, 2.75) is 13.3 Å². The van der Waals surface area contributed by atoms with Crippen molar-refractivity contribution in [1.82, 2.24) is 9.97 Å². The fourth-order valence-electron chi connectivity index (χ4n) is 2.56. The highest BCUT2D eigenvalue weighted by atomic mass is 35.5. The van der Waals surface area contributed by atoms with Gasteiger partial charge in [-0.05, 0) is 43.2 Å². The highest BCUT2D eigenvalue weighted by Gasteiger charge is 2.05. The van der Waals surface area contributed by atoms with Crippen LogP contribution in [0.15, 0.2) is 54.6 Å². The standard InChI is InChI=1S/C20H21ClN4O/c1-14-12-19(24-18-9-4-3-8-17(18)21)25-20(23-14)22-11-10-15-6-5-7-16(13-15)26-2/h3-9,12-13H,10-11H2,1-2H3,(H2,22,23,24,25). The normalized spacial score (nSPS) is 10.4. The molecule has 0 atom stereocenters. The maximum Gasteiger partial charge on any atom is 0.224 e. The maximum atomic E-state index is 6.20. The van der Waals surface area contributed by atoms with E-state index in [-0.39, 0.29) is 0 Å². The molecule has 0 aliphatic carbocycles. The molecule has 26 heavy (non-hydrogen) atoms. The van der Waals surface area contributed by atoms with Gasteiger partial charge in [0.1, 0.15) is 11.6 Å². The number of aromatic nitrogens is 2. The minimum absolute atomic E-state index is 0.586. The lowest BCUT2D eigenvalue weighted by Gasteiger charge is -2.11. The van der Waals surface area contributed by atoms with Crippen molar-refractivity contribution in [3.63, 3.8) is 0 Å². The topological polar surface area (TPSA) is 59.1 Å². The van der Waals surface area contributed by atoms with Crippen LogP contribution < -0.4 is 15.4 Å². The van der Waals surface area contributed by atoms with Crippen molar-refractivity contribution in [2.75, 3.05) is 24.3 Å². The van der Waals surface area contributed by atoms with Crippen molar-refractivity contribution in [3.05, 3.63) is 70.9 Å². The number of hydrogen-bond donors (Lipinski definition) is 2. The summed E-state index contributed by atoms with van der Waals surface area (Å²) in [5.74, 6) is 2.15. The maximum absolute atomic E-state index is 6.20. The Kier molecular flexibility index (Phi) is 5.92. The Morgan fingerprint density at radius 2 is 1.88 bits per heavy atom. The lowest BCUT2D eigenvalue weighted by molar-refractivity contribution is 0.414. The van der Waals surface area contributed by atoms with Crippen LogP contribution >= 0.6 is 11.6 Å². The third-order valence-corrected chi connectivity index (χ3v) is 4.15. The smallest absolute Gasteiger partial charge is 0.224 e. The predicted octanol–water partition coefficient (Wildman–Crippen LogP) is 4.85. The van der Waals surface area contributed by atoms with Gasteiger partial charge in [-0.15, -0.1) is 0 Å². The number of anilines is 3. The number of halogens is 1. The van der Waals surface area contributed by atoms with Crippen LogP contribution in [-0.2, 0) is 6.42 Å². The average molecular weight is 369 g/mol. The summed E-state index contributed by atoms with van der Waals surface area (Å²) in [5.41, 5.74) is 2.88. The summed E-state index contributed by atoms with van der Waals surface area (Å²) in [7, 11) is 1.67. The molecule has 0 aliphatic rings. The number of benzene rings is 2. The summed E-state index contributed by atoms with van der Waals surface area (Å²) in [6, 6.07) is 17.5. The van der Waals surface area contributed by atoms with Crippen molar-refractivity contribution >= 4 is 29.1 Å². The van der Waals surface area contributed by atoms with Gasteiger partial charge in [-0.3, -0.25) is 0 Å². The molecule has 1 aromatic heterocycles. The molecule has 5 nitrogen and oxygen atoms in total. The van der Waals surface area contributed by atoms with E-state index in [0.717, 1.165) is 30.1 Å². The Labute approximate surface area is 158 Å². The molecule has 1 heterocycles. The van der Waals surface area contributed by atoms with Gasteiger partial charge in [-0.1, -0.05) is 35.9 Å². The van der Waals surface area contributed by atoms with Crippen molar-refractivity contribution < 1.29 is 4.74 Å². The number of aryl methyl sites for hydroxylation is 1. The third-order valence-electron chi connectivity index (χ3n) is 3.82. The Morgan fingerprint density at radius 3 is 2.69 bits per heavy atom. The number of para-hydroxylation sites is 1. The highest BCUT2D eigenvalue weighted by Crippen LogP contribution is 2.24. The first-order valence-electron chi connectivity index (χ1n) is 8.38. The Bertz CT molecular complexity index is 885. The van der Waals surface area contributed by atoms with Crippen molar-refractivity contribution in [1.29, 1.82) is 0 Å². The molecule has 0 saturated heterocycles. The van der Waals surface area contributed by atoms with Gasteiger partial charge >= 0.3 is 0 Å². The largest absolute Gasteiger partial charge is 0.497 e. The first-order chi connectivity index (χ1) is 12.6. The van der Waals surface area contributed by atoms with Gasteiger partial charge in [0.2, 0.25) is 5.95 Å². The van der Waals surface area contributed by atoms with Gasteiger partial charge in [-0.2, -0.15) is 4.98 Å². The molecule has 6 heteroatoms. The van der Waals surface area contributed by atoms with Crippen LogP contribution in [-0.4, -0.2) is 23.6 Å². The first kappa shape index (κ1) is 18.0. The van der Waals surface area contributed by atoms with Crippen LogP contribution in [0.2, 0.25) is 5.02 Å². The second kappa shape index (κ2) is 8.54. The summed E-state index contributed by atoms with van der Waals surface area (Å²) < 4.78 is 5.25. The molecule has 0 fully saturated rings. The zero-order valence-corrected chi connectivity index (χ0v) is 15.5. The predicted molar refractivity (Wildman–Crippen MR) is 107 cm³/mol. The molecular weight excluding hydrogens is 348 g/mol. The molecule has 0 spiro atoms. The number of rotatable bonds is 7. The van der Waals surface area contributed by atoms with E-state index in [4.69, 9.17) is 16.3 Å². The van der Waals surface area contributed by atoms with Gasteiger partial charge in [-0.25, -0.2) is 4.98 Å². The summed E-state index contributed by atoms with van der Waals surface area (Å²) >= 11 is 6.20. The molecule has 3 aromatic rings. The number of hydrogen-bond acceptors (Lipinski definition) is 5. The minimum Gasteiger partial charge on any atom is -0.497 e. The van der Waals surface area contributed by atoms with Crippen LogP contribution in [0, 0.1) is 6.92 Å². The highest BCUT2D eigenvalue weighted by molar-refractivity contribution is 6.33. The SMILES string of the molecule is COc1cccc(CCNc2nc(C)cc(Nc3ccccc3Cl)n2)c1. The van der Waals surface area contributed by atoms with Crippen LogP contribution in [0.1, 0.15) is 11.3 Å². The zero-order valence-electron chi connectivity index (χ0n) is 14.8. The molecule has 0 saturated carbocycles. The van der Waals surface area contributed by atoms with E-state index < -0.39 is 0 Å². The zero-order chi connectivity index (χ0) is 18.4. The minimum atomic E-state index is 0.586. The second-order valence-electron chi connectivity index (χ2n) is 5.85. The Balaban J connectivity index is 1.65. The molecule has 0 unspecified atom stereocenters. The molecule has 3 rings (SSSR count). The monoisotopic (exact) mass is 368 g/mol. The number of nitrogens with one attached hydrogen (secondary N) is 2. The lowest BCUT2D eigenvalue weighted by atomic mass is 10.1. The van der Waals surface area contributed by atoms with Gasteiger partial charge in [0.25, 0.3) is 0 Å². The lowest BCUT2D eigenvalue weighted by Crippen LogP contribution is -2.09. The molecule has 2 aromatic carbocycles. The third kappa shape index (κ3) is 4.86. The van der Waals surface area contributed by atoms with Crippen LogP contribution in [0.25, 0.3) is 0 Å². The van der Waals surface area contributed by atoms with Crippen LogP contribution in [0.5, 0.6) is 5.75 Å². The fraction of sp³-hybridized carbons (Fsp3) is 0.200. The summed E-state index contributed by atoms with van der Waals surface area (Å²) in [6.07, 6.45) is 0.849. The van der Waals surface area contributed by atoms with Crippen LogP contribution in [0.3, 0.4) is 0 Å². The average Bonchev–Trinajstić information content (AvgIpc) is 2.63. The number of methoxy groups -OCH3 is 1. The van der Waals surface area contributed by atoms with Gasteiger partial charge in [0.15, 0.2) is 0 Å². The van der Waals surface area contributed by atoms with E-state index in [2.05, 4.69) is 26.7 Å². The van der Waals surface area contributed by atoms with Gasteiger partial charge < -0.3 is 15.4 Å². The molecule has 2 N–H and O–H groups in total. The van der Waals surface area contributed by atoms with E-state index in [0.29, 0.717) is 16.8 Å². The van der Waals surface area contributed by atoms with E-state index in [1.807, 2.05) is 55.5 Å². The van der Waals surface area contributed by atoms with E-state index in [1.54, 1.807) is 7.11 Å². The first-order valence-corrected chi connectivity index (χ1v) is 8.76. The van der Waals surface area contributed by atoms with Crippen molar-refractivity contribution in [3.8, 4) is 5.75 Å². The molecule has 0 radical (unpaired) electrons. The second-order valence-corrected chi connectivity index (χ2v) is 6.26. The molecule has 134 valence electrons. The molecule has 0 amide bonds. The Hall–Kier alpha value is -2.79. The fourth-order valence-corrected chi connectivity index (χ4v) is 2.74. The van der Waals surface area contributed by atoms with Gasteiger partial charge in [0.05, 0.1) is 17.8 Å². The van der Waals surface area contributed by atoms with E-state index >= 15 is 0 Å². The number of nitrogens with zero attached hydrogens (tertiary/aromatic N) is 2. The van der Waals surface area contributed by atoms with Crippen LogP contribution in [0.4, 0.5) is 17.5 Å². The molecular formula is C20H21ClN4O. The summed E-state index contributed by atoms with van der Waals surface area (Å²) in [5, 5.41) is 7.16. The van der Waals surface area contributed by atoms with E-state index in [9.17, 15) is 0 Å². The molecule has 0 bridgehead atoms. The summed E-state index contributed by atoms with van der Waals surface area (Å²) in [4.78, 5) is 8.96. The van der Waals surface area contributed by atoms with Gasteiger partial charge in [0, 0.05) is 18.3 Å². The Morgan fingerprint density at radius 1 is 1.04 bits per heavy atom. The van der Waals surface area contributed by atoms with Crippen molar-refractivity contribution in [2.24, 2.45) is 0 Å². The number of ether oxygens (including phenoxy) is 1.